The molecule has 1 aromatic carbocycles. The van der Waals surface area contributed by atoms with E-state index >= 15 is 0 Å². The Balaban J connectivity index is 1.57. The number of unbranched alkanes of at least 4 members (excludes halogenated alkanes) is 6. The molecule has 8 nitrogen and oxygen atoms in total. The smallest absolute Gasteiger partial charge is 0.266 e. The Morgan fingerprint density at radius 1 is 1.00 bits per heavy atom. The first-order chi connectivity index (χ1) is 14.5. The van der Waals surface area contributed by atoms with Crippen molar-refractivity contribution in [3.05, 3.63) is 29.3 Å². The lowest BCUT2D eigenvalue weighted by Crippen LogP contribution is -2.54. The number of carbonyl (C=O) groups is 5. The molecule has 1 saturated heterocycles. The number of hydrogen-bond donors (Lipinski definition) is 1. The molecule has 1 aromatic rings. The molecule has 0 aromatic heterocycles. The molecule has 1 atom stereocenters. The molecule has 1 N–H and O–H groups in total. The Kier molecular flexibility index (Phi) is 7.32. The first kappa shape index (κ1) is 21.7. The third-order valence-corrected chi connectivity index (χ3v) is 5.40. The van der Waals surface area contributed by atoms with Gasteiger partial charge in [-0.3, -0.25) is 29.4 Å². The first-order valence-electron chi connectivity index (χ1n) is 10.5. The van der Waals surface area contributed by atoms with Crippen LogP contribution in [0.25, 0.3) is 0 Å². The second-order valence-electron chi connectivity index (χ2n) is 7.55. The van der Waals surface area contributed by atoms with Crippen LogP contribution >= 0.6 is 0 Å². The largest absolute Gasteiger partial charge is 0.493 e. The molecule has 0 radical (unpaired) electrons. The van der Waals surface area contributed by atoms with Crippen LogP contribution in [0.5, 0.6) is 5.75 Å². The van der Waals surface area contributed by atoms with Crippen LogP contribution in [0, 0.1) is 0 Å². The fraction of sp³-hybridized carbons (Fsp3) is 0.500. The maximum atomic E-state index is 13.0. The highest BCUT2D eigenvalue weighted by molar-refractivity contribution is 6.24. The Morgan fingerprint density at radius 2 is 1.73 bits per heavy atom. The standard InChI is InChI=1S/C22H26N2O6/c25-13-6-4-2-1-3-5-7-14-30-17-10-8-9-15-19(17)22(29)24(21(15)28)16-11-12-18(26)23-20(16)27/h8-10,13,16H,1-7,11-12,14H2,(H,23,26,27). The molecule has 0 aliphatic carbocycles. The van der Waals surface area contributed by atoms with Crippen molar-refractivity contribution in [1.29, 1.82) is 0 Å². The Bertz CT molecular complexity index is 850. The van der Waals surface area contributed by atoms with Gasteiger partial charge in [0.2, 0.25) is 11.8 Å². The number of nitrogens with zero attached hydrogens (tertiary/aromatic N) is 1. The van der Waals surface area contributed by atoms with E-state index in [-0.39, 0.29) is 24.0 Å². The van der Waals surface area contributed by atoms with Crippen LogP contribution < -0.4 is 10.1 Å². The van der Waals surface area contributed by atoms with Crippen molar-refractivity contribution in [2.45, 2.75) is 63.8 Å². The minimum absolute atomic E-state index is 0.0856. The van der Waals surface area contributed by atoms with Gasteiger partial charge in [-0.2, -0.15) is 0 Å². The van der Waals surface area contributed by atoms with Crippen LogP contribution in [0.2, 0.25) is 0 Å². The summed E-state index contributed by atoms with van der Waals surface area (Å²) in [6.07, 6.45) is 7.65. The van der Waals surface area contributed by atoms with Crippen LogP contribution in [0.3, 0.4) is 0 Å². The zero-order valence-electron chi connectivity index (χ0n) is 16.9. The Hall–Kier alpha value is -3.03. The topological polar surface area (TPSA) is 110 Å². The zero-order valence-corrected chi connectivity index (χ0v) is 16.9. The van der Waals surface area contributed by atoms with E-state index in [0.29, 0.717) is 18.8 Å². The molecule has 0 spiro atoms. The van der Waals surface area contributed by atoms with Gasteiger partial charge in [-0.05, 0) is 31.4 Å². The average molecular weight is 414 g/mol. The van der Waals surface area contributed by atoms with Crippen LogP contribution in [0.4, 0.5) is 0 Å². The van der Waals surface area contributed by atoms with Crippen molar-refractivity contribution < 1.29 is 28.7 Å². The zero-order chi connectivity index (χ0) is 21.5. The van der Waals surface area contributed by atoms with Gasteiger partial charge in [0.05, 0.1) is 17.7 Å². The normalized spacial score (nSPS) is 18.4. The molecule has 4 amide bonds. The highest BCUT2D eigenvalue weighted by atomic mass is 16.5. The third kappa shape index (κ3) is 4.75. The Labute approximate surface area is 174 Å². The van der Waals surface area contributed by atoms with Crippen molar-refractivity contribution in [2.24, 2.45) is 0 Å². The van der Waals surface area contributed by atoms with Gasteiger partial charge >= 0.3 is 0 Å². The third-order valence-electron chi connectivity index (χ3n) is 5.40. The van der Waals surface area contributed by atoms with E-state index in [2.05, 4.69) is 5.32 Å². The van der Waals surface area contributed by atoms with E-state index in [1.165, 1.54) is 0 Å². The number of rotatable bonds is 11. The molecule has 8 heteroatoms. The van der Waals surface area contributed by atoms with E-state index in [1.54, 1.807) is 18.2 Å². The van der Waals surface area contributed by atoms with Crippen LogP contribution in [0.15, 0.2) is 18.2 Å². The number of ether oxygens (including phenoxy) is 1. The highest BCUT2D eigenvalue weighted by Gasteiger charge is 2.45. The molecule has 160 valence electrons. The molecule has 1 fully saturated rings. The lowest BCUT2D eigenvalue weighted by Gasteiger charge is -2.27. The van der Waals surface area contributed by atoms with Gasteiger partial charge in [-0.15, -0.1) is 0 Å². The van der Waals surface area contributed by atoms with Crippen molar-refractivity contribution >= 4 is 29.9 Å². The maximum Gasteiger partial charge on any atom is 0.266 e. The van der Waals surface area contributed by atoms with E-state index in [0.717, 1.165) is 49.7 Å². The van der Waals surface area contributed by atoms with E-state index in [4.69, 9.17) is 4.74 Å². The van der Waals surface area contributed by atoms with Gasteiger partial charge < -0.3 is 9.53 Å². The monoisotopic (exact) mass is 414 g/mol. The molecule has 0 saturated carbocycles. The summed E-state index contributed by atoms with van der Waals surface area (Å²) in [5, 5.41) is 2.19. The molecule has 30 heavy (non-hydrogen) atoms. The van der Waals surface area contributed by atoms with Gasteiger partial charge in [0.25, 0.3) is 11.8 Å². The second-order valence-corrected chi connectivity index (χ2v) is 7.55. The number of nitrogens with one attached hydrogen (secondary N) is 1. The number of carbonyl (C=O) groups excluding carboxylic acids is 5. The predicted octanol–water partition coefficient (Wildman–Crippen LogP) is 2.40. The summed E-state index contributed by atoms with van der Waals surface area (Å²) in [4.78, 5) is 60.5. The van der Waals surface area contributed by atoms with E-state index < -0.39 is 29.7 Å². The summed E-state index contributed by atoms with van der Waals surface area (Å²) in [5.74, 6) is -1.79. The number of aldehydes is 1. The summed E-state index contributed by atoms with van der Waals surface area (Å²) < 4.78 is 5.79. The van der Waals surface area contributed by atoms with Crippen LogP contribution in [-0.4, -0.2) is 47.5 Å². The quantitative estimate of drug-likeness (QED) is 0.338. The van der Waals surface area contributed by atoms with Crippen molar-refractivity contribution in [3.63, 3.8) is 0 Å². The molecular weight excluding hydrogens is 388 g/mol. The van der Waals surface area contributed by atoms with Crippen molar-refractivity contribution in [2.75, 3.05) is 6.61 Å². The summed E-state index contributed by atoms with van der Waals surface area (Å²) in [6.45, 7) is 0.421. The number of imide groups is 2. The number of piperidine rings is 1. The fourth-order valence-electron chi connectivity index (χ4n) is 3.82. The van der Waals surface area contributed by atoms with Gasteiger partial charge in [-0.1, -0.05) is 31.7 Å². The number of fused-ring (bicyclic) bond motifs is 1. The SMILES string of the molecule is O=CCCCCCCCCOc1cccc2c1C(=O)N(C1CCC(=O)NC1=O)C2=O. The fourth-order valence-corrected chi connectivity index (χ4v) is 3.82. The summed E-state index contributed by atoms with van der Waals surface area (Å²) >= 11 is 0. The van der Waals surface area contributed by atoms with Crippen LogP contribution in [-0.2, 0) is 14.4 Å². The van der Waals surface area contributed by atoms with E-state index in [9.17, 15) is 24.0 Å². The molecule has 3 rings (SSSR count). The van der Waals surface area contributed by atoms with Gasteiger partial charge in [0.1, 0.15) is 18.1 Å². The van der Waals surface area contributed by atoms with E-state index in [1.807, 2.05) is 0 Å². The summed E-state index contributed by atoms with van der Waals surface area (Å²) in [6, 6.07) is 3.87. The maximum absolute atomic E-state index is 13.0. The summed E-state index contributed by atoms with van der Waals surface area (Å²) in [5.41, 5.74) is 0.401. The molecule has 1 unspecified atom stereocenters. The lowest BCUT2D eigenvalue weighted by molar-refractivity contribution is -0.136. The summed E-state index contributed by atoms with van der Waals surface area (Å²) in [7, 11) is 0. The molecule has 2 aliphatic rings. The van der Waals surface area contributed by atoms with Gasteiger partial charge in [0, 0.05) is 12.8 Å². The van der Waals surface area contributed by atoms with Crippen molar-refractivity contribution in [1.82, 2.24) is 10.2 Å². The molecular formula is C22H26N2O6. The number of benzene rings is 1. The minimum Gasteiger partial charge on any atom is -0.493 e. The second kappa shape index (κ2) is 10.1. The Morgan fingerprint density at radius 3 is 2.47 bits per heavy atom. The average Bonchev–Trinajstić information content (AvgIpc) is 2.98. The minimum atomic E-state index is -0.984. The number of amides is 4. The highest BCUT2D eigenvalue weighted by Crippen LogP contribution is 2.33. The van der Waals surface area contributed by atoms with Gasteiger partial charge in [0.15, 0.2) is 0 Å². The van der Waals surface area contributed by atoms with Crippen molar-refractivity contribution in [3.8, 4) is 5.75 Å². The van der Waals surface area contributed by atoms with Gasteiger partial charge in [-0.25, -0.2) is 0 Å². The number of hydrogen-bond acceptors (Lipinski definition) is 6. The molecule has 2 aliphatic heterocycles. The molecule has 0 bridgehead atoms. The first-order valence-corrected chi connectivity index (χ1v) is 10.5. The van der Waals surface area contributed by atoms with Crippen LogP contribution in [0.1, 0.15) is 78.5 Å². The molecule has 2 heterocycles. The predicted molar refractivity (Wildman–Crippen MR) is 107 cm³/mol. The lowest BCUT2D eigenvalue weighted by atomic mass is 10.0.